The van der Waals surface area contributed by atoms with Gasteiger partial charge in [0, 0.05) is 11.3 Å². The number of fused-ring (bicyclic) bond motifs is 5. The van der Waals surface area contributed by atoms with Crippen molar-refractivity contribution in [2.75, 3.05) is 0 Å². The molecule has 3 fully saturated rings. The van der Waals surface area contributed by atoms with Gasteiger partial charge < -0.3 is 20.4 Å². The summed E-state index contributed by atoms with van der Waals surface area (Å²) in [5.41, 5.74) is -1.56. The minimum Gasteiger partial charge on any atom is -0.390 e. The molecule has 5 heteroatoms. The number of hydrogen-bond donors (Lipinski definition) is 4. The van der Waals surface area contributed by atoms with Gasteiger partial charge in [0.2, 0.25) is 0 Å². The Bertz CT molecular complexity index is 798. The number of aliphatic hydroxyl groups is 4. The van der Waals surface area contributed by atoms with E-state index in [9.17, 15) is 25.2 Å². The molecule has 0 spiro atoms. The summed E-state index contributed by atoms with van der Waals surface area (Å²) in [6, 6.07) is 0. The van der Waals surface area contributed by atoms with Crippen LogP contribution < -0.4 is 0 Å². The molecule has 0 aromatic heterocycles. The van der Waals surface area contributed by atoms with E-state index in [1.165, 1.54) is 0 Å². The third-order valence-electron chi connectivity index (χ3n) is 10.5. The second kappa shape index (κ2) is 7.63. The lowest BCUT2D eigenvalue weighted by Gasteiger charge is -2.60. The molecule has 0 aliphatic heterocycles. The van der Waals surface area contributed by atoms with Crippen LogP contribution in [-0.2, 0) is 4.79 Å². The highest BCUT2D eigenvalue weighted by atomic mass is 16.3. The van der Waals surface area contributed by atoms with E-state index in [1.54, 1.807) is 6.08 Å². The van der Waals surface area contributed by atoms with Gasteiger partial charge in [0.25, 0.3) is 0 Å². The molecule has 0 saturated heterocycles. The third-order valence-corrected chi connectivity index (χ3v) is 10.5. The zero-order valence-electron chi connectivity index (χ0n) is 20.8. The van der Waals surface area contributed by atoms with Crippen LogP contribution in [0.2, 0.25) is 0 Å². The lowest BCUT2D eigenvalue weighted by molar-refractivity contribution is -0.154. The van der Waals surface area contributed by atoms with Gasteiger partial charge in [-0.15, -0.1) is 0 Å². The van der Waals surface area contributed by atoms with Gasteiger partial charge in [-0.05, 0) is 99.5 Å². The Morgan fingerprint density at radius 2 is 1.75 bits per heavy atom. The summed E-state index contributed by atoms with van der Waals surface area (Å²) in [7, 11) is 0. The van der Waals surface area contributed by atoms with Crippen molar-refractivity contribution >= 4 is 5.78 Å². The first kappa shape index (κ1) is 24.4. The normalized spacial score (nSPS) is 48.4. The van der Waals surface area contributed by atoms with E-state index in [0.29, 0.717) is 37.0 Å². The highest BCUT2D eigenvalue weighted by molar-refractivity contribution is 5.95. The van der Waals surface area contributed by atoms with Crippen LogP contribution in [0.4, 0.5) is 0 Å². The van der Waals surface area contributed by atoms with Gasteiger partial charge >= 0.3 is 0 Å². The van der Waals surface area contributed by atoms with Crippen LogP contribution in [0.1, 0.15) is 86.5 Å². The fourth-order valence-electron chi connectivity index (χ4n) is 8.62. The van der Waals surface area contributed by atoms with Crippen LogP contribution in [-0.4, -0.2) is 49.6 Å². The number of allylic oxidation sites excluding steroid dienone is 1. The molecule has 4 aliphatic carbocycles. The number of aliphatic hydroxyl groups excluding tert-OH is 2. The van der Waals surface area contributed by atoms with Gasteiger partial charge in [-0.1, -0.05) is 27.7 Å². The van der Waals surface area contributed by atoms with E-state index in [1.807, 2.05) is 13.8 Å². The van der Waals surface area contributed by atoms with Gasteiger partial charge in [0.1, 0.15) is 0 Å². The van der Waals surface area contributed by atoms with Crippen molar-refractivity contribution < 1.29 is 25.2 Å². The maximum atomic E-state index is 13.2. The lowest BCUT2D eigenvalue weighted by Crippen LogP contribution is -2.61. The second-order valence-corrected chi connectivity index (χ2v) is 13.0. The Labute approximate surface area is 193 Å². The zero-order chi connectivity index (χ0) is 23.9. The van der Waals surface area contributed by atoms with Gasteiger partial charge in [-0.25, -0.2) is 0 Å². The van der Waals surface area contributed by atoms with Crippen molar-refractivity contribution in [1.82, 2.24) is 0 Å². The predicted molar refractivity (Wildman–Crippen MR) is 124 cm³/mol. The van der Waals surface area contributed by atoms with Crippen molar-refractivity contribution in [3.05, 3.63) is 11.6 Å². The highest BCUT2D eigenvalue weighted by Crippen LogP contribution is 2.68. The maximum absolute atomic E-state index is 13.2. The Kier molecular flexibility index (Phi) is 5.81. The Morgan fingerprint density at radius 3 is 2.38 bits per heavy atom. The SMILES string of the molecule is CC(CC(C)(C)O)C(C)C1CCC2(O)C3=CC(=O)C4CC(O)C(O)CC4(C)C3CCC12C. The van der Waals surface area contributed by atoms with Gasteiger partial charge in [0.05, 0.1) is 23.4 Å². The number of carbonyl (C=O) groups excluding carboxylic acids is 1. The second-order valence-electron chi connectivity index (χ2n) is 13.0. The third kappa shape index (κ3) is 3.45. The van der Waals surface area contributed by atoms with Gasteiger partial charge in [-0.2, -0.15) is 0 Å². The van der Waals surface area contributed by atoms with Crippen LogP contribution in [0.5, 0.6) is 0 Å². The lowest BCUT2D eigenvalue weighted by atomic mass is 9.45. The summed E-state index contributed by atoms with van der Waals surface area (Å²) in [4.78, 5) is 13.2. The maximum Gasteiger partial charge on any atom is 0.159 e. The molecule has 3 saturated carbocycles. The Balaban J connectivity index is 1.67. The van der Waals surface area contributed by atoms with E-state index >= 15 is 0 Å². The average Bonchev–Trinajstić information content (AvgIpc) is 2.94. The molecule has 10 unspecified atom stereocenters. The molecule has 0 aromatic carbocycles. The first-order valence-corrected chi connectivity index (χ1v) is 12.7. The average molecular weight is 449 g/mol. The van der Waals surface area contributed by atoms with Crippen LogP contribution in [0.25, 0.3) is 0 Å². The molecule has 0 radical (unpaired) electrons. The highest BCUT2D eigenvalue weighted by Gasteiger charge is 2.67. The molecule has 0 aromatic rings. The number of carbonyl (C=O) groups is 1. The van der Waals surface area contributed by atoms with E-state index in [-0.39, 0.29) is 23.0 Å². The first-order valence-electron chi connectivity index (χ1n) is 12.7. The van der Waals surface area contributed by atoms with Crippen LogP contribution in [0.15, 0.2) is 11.6 Å². The molecular formula is C27H44O5. The summed E-state index contributed by atoms with van der Waals surface area (Å²) >= 11 is 0. The topological polar surface area (TPSA) is 98.0 Å². The number of rotatable bonds is 4. The van der Waals surface area contributed by atoms with Gasteiger partial charge in [0.15, 0.2) is 5.78 Å². The number of hydrogen-bond acceptors (Lipinski definition) is 5. The molecule has 4 N–H and O–H groups in total. The molecule has 32 heavy (non-hydrogen) atoms. The Morgan fingerprint density at radius 1 is 1.09 bits per heavy atom. The fraction of sp³-hybridized carbons (Fsp3) is 0.889. The van der Waals surface area contributed by atoms with Crippen LogP contribution in [0.3, 0.4) is 0 Å². The predicted octanol–water partition coefficient (Wildman–Crippen LogP) is 3.62. The van der Waals surface area contributed by atoms with Crippen molar-refractivity contribution in [1.29, 1.82) is 0 Å². The fourth-order valence-corrected chi connectivity index (χ4v) is 8.62. The van der Waals surface area contributed by atoms with E-state index in [2.05, 4.69) is 27.7 Å². The van der Waals surface area contributed by atoms with Crippen molar-refractivity contribution in [2.45, 2.75) is 110 Å². The molecule has 4 aliphatic rings. The molecule has 4 rings (SSSR count). The van der Waals surface area contributed by atoms with Gasteiger partial charge in [-0.3, -0.25) is 4.79 Å². The molecule has 5 nitrogen and oxygen atoms in total. The quantitative estimate of drug-likeness (QED) is 0.527. The van der Waals surface area contributed by atoms with E-state index < -0.39 is 28.8 Å². The molecule has 182 valence electrons. The van der Waals surface area contributed by atoms with Crippen LogP contribution >= 0.6 is 0 Å². The summed E-state index contributed by atoms with van der Waals surface area (Å²) < 4.78 is 0. The van der Waals surface area contributed by atoms with Crippen LogP contribution in [0, 0.1) is 40.4 Å². The molecular weight excluding hydrogens is 404 g/mol. The molecule has 0 bridgehead atoms. The molecule has 0 amide bonds. The van der Waals surface area contributed by atoms with E-state index in [0.717, 1.165) is 31.3 Å². The first-order chi connectivity index (χ1) is 14.6. The molecule has 0 heterocycles. The standard InChI is InChI=1S/C27H44O5/c1-15(13-24(3,4)31)16(2)17-8-10-27(32)19-11-21(28)20-12-22(29)23(30)14-25(20,5)18(19)7-9-26(17,27)6/h11,15-18,20,22-23,29-32H,7-10,12-14H2,1-6H3. The molecule has 10 atom stereocenters. The zero-order valence-corrected chi connectivity index (χ0v) is 20.8. The monoisotopic (exact) mass is 448 g/mol. The van der Waals surface area contributed by atoms with Crippen molar-refractivity contribution in [2.24, 2.45) is 40.4 Å². The summed E-state index contributed by atoms with van der Waals surface area (Å²) in [6.45, 7) is 12.5. The number of ketones is 1. The largest absolute Gasteiger partial charge is 0.390 e. The summed E-state index contributed by atoms with van der Waals surface area (Å²) in [6.07, 6.45) is 4.88. The van der Waals surface area contributed by atoms with Crippen molar-refractivity contribution in [3.63, 3.8) is 0 Å². The Hall–Kier alpha value is -0.750. The minimum absolute atomic E-state index is 0.00858. The summed E-state index contributed by atoms with van der Waals surface area (Å²) in [5, 5.41) is 43.3. The summed E-state index contributed by atoms with van der Waals surface area (Å²) in [5.74, 6) is 0.793. The van der Waals surface area contributed by atoms with Crippen molar-refractivity contribution in [3.8, 4) is 0 Å². The van der Waals surface area contributed by atoms with E-state index in [4.69, 9.17) is 0 Å². The smallest absolute Gasteiger partial charge is 0.159 e. The minimum atomic E-state index is -1.01.